The van der Waals surface area contributed by atoms with Crippen LogP contribution in [0.2, 0.25) is 0 Å². The Kier molecular flexibility index (Phi) is 66.3. The number of unbranched alkanes of at least 4 members (excludes halogenated alkanes) is 24. The Bertz CT molecular complexity index is 4000. The fraction of sp³-hybridized carbons (Fsp3) is 0.607. The fourth-order valence-electron chi connectivity index (χ4n) is 12.2. The lowest BCUT2D eigenvalue weighted by Gasteiger charge is -2.23. The summed E-state index contributed by atoms with van der Waals surface area (Å²) < 4.78 is 33.0. The highest BCUT2D eigenvalue weighted by atomic mass is 33.1. The second-order valence-corrected chi connectivity index (χ2v) is 37.5. The topological polar surface area (TPSA) is 497 Å². The summed E-state index contributed by atoms with van der Waals surface area (Å²) in [6.45, 7) is 6.42. The first-order valence-corrected chi connectivity index (χ1v) is 52.3. The van der Waals surface area contributed by atoms with E-state index in [2.05, 4.69) is 94.9 Å². The first-order chi connectivity index (χ1) is 63.0. The van der Waals surface area contributed by atoms with E-state index in [4.69, 9.17) is 39.6 Å². The molecule has 0 aliphatic heterocycles. The van der Waals surface area contributed by atoms with Gasteiger partial charge in [-0.15, -0.1) is 0 Å². The van der Waals surface area contributed by atoms with Gasteiger partial charge in [-0.3, -0.25) is 67.7 Å². The minimum Gasteiger partial charge on any atom is -0.493 e. The lowest BCUT2D eigenvalue weighted by Crippen LogP contribution is -2.55. The van der Waals surface area contributed by atoms with E-state index in [-0.39, 0.29) is 146 Å². The number of hydrogen-bond acceptors (Lipinski definition) is 29. The summed E-state index contributed by atoms with van der Waals surface area (Å²) in [6.07, 6.45) is 34.5. The van der Waals surface area contributed by atoms with Crippen molar-refractivity contribution in [2.75, 3.05) is 95.1 Å². The van der Waals surface area contributed by atoms with E-state index in [1.54, 1.807) is 54.6 Å². The summed E-state index contributed by atoms with van der Waals surface area (Å²) in [5, 5.41) is 40.9. The number of rotatable bonds is 76. The van der Waals surface area contributed by atoms with E-state index in [1.807, 2.05) is 0 Å². The third-order valence-corrected chi connectivity index (χ3v) is 25.6. The summed E-state index contributed by atoms with van der Waals surface area (Å²) in [5.74, 6) is -5.38. The van der Waals surface area contributed by atoms with Gasteiger partial charge >= 0.3 is 17.9 Å². The zero-order valence-corrected chi connectivity index (χ0v) is 81.1. The minimum absolute atomic E-state index is 0.00293. The van der Waals surface area contributed by atoms with E-state index in [9.17, 15) is 62.3 Å². The van der Waals surface area contributed by atoms with E-state index in [1.165, 1.54) is 136 Å². The number of carbonyl (C=O) groups is 13. The molecule has 35 nitrogen and oxygen atoms in total. The van der Waals surface area contributed by atoms with Crippen LogP contribution >= 0.6 is 64.8 Å². The Labute approximate surface area is 789 Å². The van der Waals surface area contributed by atoms with Gasteiger partial charge in [0.15, 0.2) is 40.5 Å². The third-order valence-electron chi connectivity index (χ3n) is 19.2. The minimum atomic E-state index is -1.39. The van der Waals surface area contributed by atoms with Gasteiger partial charge in [0.25, 0.3) is 17.7 Å². The number of guanidine groups is 1. The molecule has 724 valence electrons. The zero-order valence-electron chi connectivity index (χ0n) is 76.2. The number of esters is 3. The Morgan fingerprint density at radius 2 is 0.577 bits per heavy atom. The van der Waals surface area contributed by atoms with Crippen molar-refractivity contribution in [1.82, 2.24) is 58.8 Å². The van der Waals surface area contributed by atoms with Gasteiger partial charge < -0.3 is 76.7 Å². The van der Waals surface area contributed by atoms with Crippen molar-refractivity contribution < 1.29 is 90.8 Å². The summed E-state index contributed by atoms with van der Waals surface area (Å²) in [4.78, 5) is 167. The molecule has 0 saturated heterocycles. The number of methoxy groups -OCH3 is 3. The maximum absolute atomic E-state index is 13.9. The summed E-state index contributed by atoms with van der Waals surface area (Å²) in [6, 6.07) is 11.9. The quantitative estimate of drug-likeness (QED) is 0.00475. The molecule has 3 aromatic carbocycles. The van der Waals surface area contributed by atoms with Crippen LogP contribution in [-0.4, -0.2) is 209 Å². The highest BCUT2D eigenvalue weighted by Crippen LogP contribution is 2.32. The molecule has 41 heteroatoms. The van der Waals surface area contributed by atoms with Crippen LogP contribution in [0.5, 0.6) is 34.5 Å². The number of hydrogen-bond donors (Lipinski definition) is 13. The average Bonchev–Trinajstić information content (AvgIpc) is 0.877. The molecule has 0 aromatic heterocycles. The molecule has 0 aliphatic carbocycles. The van der Waals surface area contributed by atoms with Crippen molar-refractivity contribution in [3.8, 4) is 34.5 Å². The number of nitrogens with one attached hydrogen (secondary N) is 12. The molecular weight excluding hydrogens is 1790 g/mol. The van der Waals surface area contributed by atoms with Gasteiger partial charge in [0, 0.05) is 71.4 Å². The summed E-state index contributed by atoms with van der Waals surface area (Å²) in [7, 11) is 11.0. The van der Waals surface area contributed by atoms with Gasteiger partial charge in [-0.05, 0) is 103 Å². The number of amides is 10. The van der Waals surface area contributed by atoms with Gasteiger partial charge in [0.2, 0.25) is 41.4 Å². The molecule has 0 aliphatic rings. The average molecular weight is 1930 g/mol. The van der Waals surface area contributed by atoms with E-state index in [0.29, 0.717) is 53.2 Å². The molecule has 3 aromatic rings. The lowest BCUT2D eigenvalue weighted by molar-refractivity contribution is -0.135. The Balaban J connectivity index is 1.47. The number of nitrogens with two attached hydrogens (primary N) is 1. The predicted molar refractivity (Wildman–Crippen MR) is 521 cm³/mol. The highest BCUT2D eigenvalue weighted by molar-refractivity contribution is 8.77. The van der Waals surface area contributed by atoms with Crippen molar-refractivity contribution in [1.29, 1.82) is 5.41 Å². The van der Waals surface area contributed by atoms with Crippen LogP contribution in [0.1, 0.15) is 256 Å². The van der Waals surface area contributed by atoms with Crippen molar-refractivity contribution in [3.05, 3.63) is 71.3 Å². The Hall–Kier alpha value is -9.45. The third kappa shape index (κ3) is 59.1. The first-order valence-electron chi connectivity index (χ1n) is 44.9. The van der Waals surface area contributed by atoms with Crippen LogP contribution in [-0.2, 0) is 62.3 Å². The molecule has 0 saturated carbocycles. The monoisotopic (exact) mass is 1930 g/mol. The summed E-state index contributed by atoms with van der Waals surface area (Å²) >= 11 is 0. The number of carbonyl (C=O) groups excluding carboxylic acids is 13. The molecule has 0 radical (unpaired) electrons. The van der Waals surface area contributed by atoms with Gasteiger partial charge in [-0.25, -0.2) is 16.3 Å². The summed E-state index contributed by atoms with van der Waals surface area (Å²) in [5.41, 5.74) is 14.7. The maximum Gasteiger partial charge on any atom is 0.311 e. The fourth-order valence-corrected chi connectivity index (χ4v) is 17.3. The predicted octanol–water partition coefficient (Wildman–Crippen LogP) is 11.7. The van der Waals surface area contributed by atoms with Crippen molar-refractivity contribution in [2.24, 2.45) is 21.0 Å². The molecule has 0 unspecified atom stereocenters. The molecule has 14 N–H and O–H groups in total. The maximum atomic E-state index is 13.9. The molecule has 0 heterocycles. The SMILES string of the molecule is CCCCCCCCCCCC(=O)Oc1ccc(/C=N\NC(=O)CSSCC(=O)NCCNC(=O)CC[C@H](NC(=N)N)C(=O)N[C@@H](CCC(=O)NCCNC(=O)CSSCC(=O)N/N=C\c2ccc(OC(=O)CCCCCCCCCCC)c(OC)c2)C(=O)NCCNC(=O)CSSCC(=O)N/N=C\c2ccc(OC(=O)CCCCCCCCCCC)c(OC)c2)cc1OC. The van der Waals surface area contributed by atoms with Crippen LogP contribution in [0.15, 0.2) is 69.9 Å². The van der Waals surface area contributed by atoms with E-state index >= 15 is 0 Å². The van der Waals surface area contributed by atoms with E-state index in [0.717, 1.165) is 142 Å². The van der Waals surface area contributed by atoms with Gasteiger partial charge in [0.05, 0.1) is 74.5 Å². The highest BCUT2D eigenvalue weighted by Gasteiger charge is 2.28. The standard InChI is InChI=1S/C89H138N16O19S6/c1-7-10-13-16-19-22-25-28-31-34-84(114)122-70-42-37-65(53-73(70)119-4)56-98-103-81(111)62-128-125-59-78(108)94-49-47-92-76(106)45-40-68(87(117)97-52-51-96-80(110)61-127-130-64-83(113)105-100-58-67-39-44-72(75(55-67)121-6)124-86(116)36-33-30-27-24-21-18-15-12-9-3)101-88(118)69(102-89(90)91)41-46-77(107)93-48-50-95-79(109)60-126-129-63-82(112)104-99-57-66-38-43-71(74(54-66)120-5)123-85(115)35-32-29-26-23-20-17-14-11-8-2/h37-39,42-44,53-58,68-69H,7-36,40-41,45-52,59-64H2,1-6H3,(H,92,106)(H,93,107)(H,94,108)(H,95,109)(H,96,110)(H,97,117)(H,101,118)(H,103,111)(H,104,112)(H,105,113)(H4,90,91,102)/b98-56-,99-57-,100-58-/t68-,69-/m0/s1. The van der Waals surface area contributed by atoms with Crippen LogP contribution in [0.4, 0.5) is 0 Å². The van der Waals surface area contributed by atoms with Crippen LogP contribution < -0.4 is 93.0 Å². The molecule has 0 fully saturated rings. The second kappa shape index (κ2) is 75.1. The molecular formula is C89H138N16O19S6. The van der Waals surface area contributed by atoms with Crippen LogP contribution in [0, 0.1) is 5.41 Å². The molecule has 3 rings (SSSR count). The van der Waals surface area contributed by atoms with Gasteiger partial charge in [-0.2, -0.15) is 15.3 Å². The van der Waals surface area contributed by atoms with Crippen molar-refractivity contribution in [3.63, 3.8) is 0 Å². The number of hydrazone groups is 3. The number of ether oxygens (including phenoxy) is 6. The molecule has 0 spiro atoms. The van der Waals surface area contributed by atoms with Crippen molar-refractivity contribution >= 4 is 166 Å². The second-order valence-electron chi connectivity index (χ2n) is 30.1. The number of benzene rings is 3. The van der Waals surface area contributed by atoms with E-state index < -0.39 is 65.3 Å². The van der Waals surface area contributed by atoms with Crippen LogP contribution in [0.3, 0.4) is 0 Å². The Morgan fingerprint density at radius 3 is 0.854 bits per heavy atom. The normalized spacial score (nSPS) is 11.5. The molecule has 130 heavy (non-hydrogen) atoms. The molecule has 0 bridgehead atoms. The molecule has 10 amide bonds. The lowest BCUT2D eigenvalue weighted by atomic mass is 10.1. The van der Waals surface area contributed by atoms with Crippen LogP contribution in [0.25, 0.3) is 0 Å². The zero-order chi connectivity index (χ0) is 94.8. The van der Waals surface area contributed by atoms with Crippen molar-refractivity contribution in [2.45, 2.75) is 251 Å². The smallest absolute Gasteiger partial charge is 0.311 e. The van der Waals surface area contributed by atoms with Gasteiger partial charge in [-0.1, -0.05) is 240 Å². The largest absolute Gasteiger partial charge is 0.493 e. The Morgan fingerprint density at radius 1 is 0.323 bits per heavy atom. The molecule has 2 atom stereocenters. The number of nitrogens with zero attached hydrogens (tertiary/aromatic N) is 3. The van der Waals surface area contributed by atoms with Gasteiger partial charge in [0.1, 0.15) is 12.1 Å². The first kappa shape index (κ1) is 115.